The van der Waals surface area contributed by atoms with Crippen molar-refractivity contribution >= 4 is 27.3 Å². The molecule has 1 aliphatic carbocycles. The topological polar surface area (TPSA) is 118 Å². The van der Waals surface area contributed by atoms with Crippen LogP contribution in [-0.4, -0.2) is 90.8 Å². The van der Waals surface area contributed by atoms with Gasteiger partial charge >= 0.3 is 0 Å². The summed E-state index contributed by atoms with van der Waals surface area (Å²) in [7, 11) is -3.35. The first-order chi connectivity index (χ1) is 16.8. The van der Waals surface area contributed by atoms with Crippen LogP contribution in [0.15, 0.2) is 29.6 Å². The molecule has 0 amide bonds. The van der Waals surface area contributed by atoms with Gasteiger partial charge in [0.05, 0.1) is 29.9 Å². The Morgan fingerprint density at radius 1 is 1.14 bits per heavy atom. The fraction of sp³-hybridized carbons (Fsp3) is 0.583. The van der Waals surface area contributed by atoms with Crippen LogP contribution in [0.2, 0.25) is 0 Å². The first-order valence-corrected chi connectivity index (χ1v) is 14.0. The van der Waals surface area contributed by atoms with Crippen molar-refractivity contribution in [1.29, 1.82) is 5.26 Å². The summed E-state index contributed by atoms with van der Waals surface area (Å²) in [6, 6.07) is 5.54. The first-order valence-electron chi connectivity index (χ1n) is 12.1. The number of aryl methyl sites for hydroxylation is 1. The van der Waals surface area contributed by atoms with E-state index in [2.05, 4.69) is 36.1 Å². The Morgan fingerprint density at radius 2 is 1.89 bits per heavy atom. The van der Waals surface area contributed by atoms with Crippen LogP contribution in [0, 0.1) is 24.2 Å². The molecule has 0 aromatic carbocycles. The zero-order valence-corrected chi connectivity index (χ0v) is 21.1. The third-order valence-corrected chi connectivity index (χ3v) is 8.25. The van der Waals surface area contributed by atoms with Gasteiger partial charge in [-0.3, -0.25) is 4.90 Å². The molecule has 2 aromatic rings. The smallest absolute Gasteiger partial charge is 0.229 e. The summed E-state index contributed by atoms with van der Waals surface area (Å²) in [6.07, 6.45) is 7.65. The van der Waals surface area contributed by atoms with Gasteiger partial charge in [0.2, 0.25) is 5.95 Å². The number of hydrogen-bond acceptors (Lipinski definition) is 10. The molecule has 4 heterocycles. The van der Waals surface area contributed by atoms with Gasteiger partial charge in [0.25, 0.3) is 0 Å². The maximum absolute atomic E-state index is 11.6. The highest BCUT2D eigenvalue weighted by atomic mass is 32.2. The molecule has 1 saturated carbocycles. The van der Waals surface area contributed by atoms with Crippen molar-refractivity contribution in [3.05, 3.63) is 30.1 Å². The summed E-state index contributed by atoms with van der Waals surface area (Å²) in [6.45, 7) is 8.93. The zero-order chi connectivity index (χ0) is 24.6. The molecule has 5 rings (SSSR count). The second-order valence-corrected chi connectivity index (χ2v) is 12.1. The molecule has 1 N–H and O–H groups in total. The second kappa shape index (κ2) is 9.33. The molecule has 0 radical (unpaired) electrons. The van der Waals surface area contributed by atoms with Crippen LogP contribution in [-0.2, 0) is 9.84 Å². The fourth-order valence-electron chi connectivity index (χ4n) is 5.07. The van der Waals surface area contributed by atoms with Gasteiger partial charge in [0.1, 0.15) is 5.82 Å². The Labute approximate surface area is 206 Å². The predicted molar refractivity (Wildman–Crippen MR) is 133 cm³/mol. The molecule has 3 fully saturated rings. The van der Waals surface area contributed by atoms with Crippen LogP contribution >= 0.6 is 0 Å². The number of hydrogen-bond donors (Lipinski definition) is 1. The summed E-state index contributed by atoms with van der Waals surface area (Å²) < 4.78 is 23.3. The van der Waals surface area contributed by atoms with Crippen LogP contribution in [0.5, 0.6) is 0 Å². The normalized spacial score (nSPS) is 20.8. The van der Waals surface area contributed by atoms with Gasteiger partial charge in [0, 0.05) is 63.8 Å². The largest absolute Gasteiger partial charge is 0.352 e. The molecule has 0 spiro atoms. The summed E-state index contributed by atoms with van der Waals surface area (Å²) in [4.78, 5) is 20.4. The number of anilines is 3. The fourth-order valence-corrected chi connectivity index (χ4v) is 5.63. The van der Waals surface area contributed by atoms with Crippen LogP contribution in [0.3, 0.4) is 0 Å². The van der Waals surface area contributed by atoms with Crippen LogP contribution in [0.1, 0.15) is 24.8 Å². The molecule has 2 saturated heterocycles. The van der Waals surface area contributed by atoms with Gasteiger partial charge < -0.3 is 15.1 Å². The molecule has 2 aromatic heterocycles. The Hall–Kier alpha value is -2.81. The Bertz CT molecular complexity index is 1210. The maximum atomic E-state index is 11.6. The van der Waals surface area contributed by atoms with E-state index in [1.54, 1.807) is 12.3 Å². The molecule has 11 heteroatoms. The van der Waals surface area contributed by atoms with E-state index in [4.69, 9.17) is 4.98 Å². The van der Waals surface area contributed by atoms with Gasteiger partial charge in [-0.1, -0.05) is 0 Å². The standard InChI is InChI=1S/C24H32N8O2S/c1-18-13-27-23(28-20-5-6-21(26-14-20)35(2,33)34)29-22(18)31-16-24(17-31,7-8-25)32-11-9-30(10-12-32)15-19-3-4-19/h5-6,13-14,19H,3-4,7,9-12,15-17H2,1-2H3,(H,27,28,29). The van der Waals surface area contributed by atoms with Crippen molar-refractivity contribution in [2.24, 2.45) is 5.92 Å². The van der Waals surface area contributed by atoms with Crippen molar-refractivity contribution in [2.45, 2.75) is 36.8 Å². The first kappa shape index (κ1) is 23.9. The molecular formula is C24H32N8O2S. The Kier molecular flexibility index (Phi) is 6.38. The van der Waals surface area contributed by atoms with E-state index in [1.165, 1.54) is 31.6 Å². The van der Waals surface area contributed by atoms with Crippen LogP contribution in [0.4, 0.5) is 17.5 Å². The molecule has 0 unspecified atom stereocenters. The summed E-state index contributed by atoms with van der Waals surface area (Å²) >= 11 is 0. The highest BCUT2D eigenvalue weighted by Crippen LogP contribution is 2.37. The quantitative estimate of drug-likeness (QED) is 0.580. The molecule has 35 heavy (non-hydrogen) atoms. The van der Waals surface area contributed by atoms with Crippen molar-refractivity contribution in [3.63, 3.8) is 0 Å². The van der Waals surface area contributed by atoms with Crippen LogP contribution < -0.4 is 10.2 Å². The molecule has 10 nitrogen and oxygen atoms in total. The molecule has 3 aliphatic rings. The lowest BCUT2D eigenvalue weighted by Gasteiger charge is -2.57. The maximum Gasteiger partial charge on any atom is 0.229 e. The monoisotopic (exact) mass is 496 g/mol. The highest BCUT2D eigenvalue weighted by molar-refractivity contribution is 7.90. The number of rotatable bonds is 8. The highest BCUT2D eigenvalue weighted by Gasteiger charge is 2.49. The van der Waals surface area contributed by atoms with Gasteiger partial charge in [-0.2, -0.15) is 10.2 Å². The van der Waals surface area contributed by atoms with Gasteiger partial charge in [0.15, 0.2) is 14.9 Å². The summed E-state index contributed by atoms with van der Waals surface area (Å²) in [5, 5.41) is 12.7. The third-order valence-electron chi connectivity index (χ3n) is 7.25. The minimum Gasteiger partial charge on any atom is -0.352 e. The Morgan fingerprint density at radius 3 is 2.49 bits per heavy atom. The summed E-state index contributed by atoms with van der Waals surface area (Å²) in [5.74, 6) is 2.18. The zero-order valence-electron chi connectivity index (χ0n) is 20.3. The average Bonchev–Trinajstić information content (AvgIpc) is 3.62. The lowest BCUT2D eigenvalue weighted by molar-refractivity contribution is 0.0140. The number of sulfone groups is 1. The molecular weight excluding hydrogens is 464 g/mol. The van der Waals surface area contributed by atoms with Crippen molar-refractivity contribution in [1.82, 2.24) is 24.8 Å². The van der Waals surface area contributed by atoms with Crippen molar-refractivity contribution in [2.75, 3.05) is 62.3 Å². The van der Waals surface area contributed by atoms with Gasteiger partial charge in [-0.25, -0.2) is 18.4 Å². The number of aromatic nitrogens is 3. The van der Waals surface area contributed by atoms with E-state index in [9.17, 15) is 13.7 Å². The number of pyridine rings is 1. The SMILES string of the molecule is Cc1cnc(Nc2ccc(S(C)(=O)=O)nc2)nc1N1CC(CC#N)(N2CCN(CC3CC3)CC2)C1. The lowest BCUT2D eigenvalue weighted by Crippen LogP contribution is -2.72. The van der Waals surface area contributed by atoms with Crippen molar-refractivity contribution < 1.29 is 8.42 Å². The van der Waals surface area contributed by atoms with E-state index in [1.807, 2.05) is 6.92 Å². The average molecular weight is 497 g/mol. The molecule has 186 valence electrons. The minimum atomic E-state index is -3.35. The second-order valence-electron chi connectivity index (χ2n) is 10.1. The predicted octanol–water partition coefficient (Wildman–Crippen LogP) is 1.83. The van der Waals surface area contributed by atoms with E-state index in [0.717, 1.165) is 62.8 Å². The molecule has 0 bridgehead atoms. The third kappa shape index (κ3) is 5.24. The van der Waals surface area contributed by atoms with E-state index < -0.39 is 9.84 Å². The van der Waals surface area contributed by atoms with E-state index >= 15 is 0 Å². The molecule has 2 aliphatic heterocycles. The van der Waals surface area contributed by atoms with Crippen molar-refractivity contribution in [3.8, 4) is 6.07 Å². The van der Waals surface area contributed by atoms with Crippen LogP contribution in [0.25, 0.3) is 0 Å². The molecule has 0 atom stereocenters. The lowest BCUT2D eigenvalue weighted by atomic mass is 9.83. The summed E-state index contributed by atoms with van der Waals surface area (Å²) in [5.41, 5.74) is 1.45. The van der Waals surface area contributed by atoms with Gasteiger partial charge in [-0.15, -0.1) is 0 Å². The van der Waals surface area contributed by atoms with E-state index in [-0.39, 0.29) is 10.6 Å². The number of nitriles is 1. The Balaban J connectivity index is 1.25. The number of piperazine rings is 1. The van der Waals surface area contributed by atoms with E-state index in [0.29, 0.717) is 18.1 Å². The number of nitrogens with one attached hydrogen (secondary N) is 1. The number of nitrogens with zero attached hydrogens (tertiary/aromatic N) is 7. The van der Waals surface area contributed by atoms with Gasteiger partial charge in [-0.05, 0) is 37.8 Å². The minimum absolute atomic E-state index is 0.0244.